The summed E-state index contributed by atoms with van der Waals surface area (Å²) in [4.78, 5) is 8.02. The van der Waals surface area contributed by atoms with Gasteiger partial charge in [0.05, 0.1) is 6.54 Å². The summed E-state index contributed by atoms with van der Waals surface area (Å²) in [6.45, 7) is 3.30. The Morgan fingerprint density at radius 2 is 2.41 bits per heavy atom. The maximum Gasteiger partial charge on any atom is 0.224 e. The number of rotatable bonds is 4. The van der Waals surface area contributed by atoms with Gasteiger partial charge in [0.1, 0.15) is 18.1 Å². The Bertz CT molecular complexity index is 540. The summed E-state index contributed by atoms with van der Waals surface area (Å²) in [5.74, 6) is 1.22. The Kier molecular flexibility index (Phi) is 3.25. The number of hydrogen-bond acceptors (Lipinski definition) is 6. The number of nitriles is 1. The maximum absolute atomic E-state index is 8.70. The largest absolute Gasteiger partial charge is 0.347 e. The number of nitrogens with one attached hydrogen (secondary N) is 1. The molecule has 7 nitrogen and oxygen atoms in total. The molecule has 0 atom stereocenters. The van der Waals surface area contributed by atoms with Crippen molar-refractivity contribution in [1.82, 2.24) is 24.7 Å². The topological polar surface area (TPSA) is 92.3 Å². The highest BCUT2D eigenvalue weighted by atomic mass is 15.3. The lowest BCUT2D eigenvalue weighted by molar-refractivity contribution is 0.706. The first-order chi connectivity index (χ1) is 8.33. The minimum absolute atomic E-state index is 0.333. The van der Waals surface area contributed by atoms with E-state index >= 15 is 0 Å². The second-order valence-electron chi connectivity index (χ2n) is 3.26. The van der Waals surface area contributed by atoms with Crippen LogP contribution >= 0.6 is 0 Å². The van der Waals surface area contributed by atoms with Crippen LogP contribution in [0.1, 0.15) is 18.4 Å². The molecule has 2 aromatic rings. The predicted octanol–water partition coefficient (Wildman–Crippen LogP) is 0.572. The smallest absolute Gasteiger partial charge is 0.224 e. The third-order valence-corrected chi connectivity index (χ3v) is 2.21. The molecule has 0 aliphatic carbocycles. The third-order valence-electron chi connectivity index (χ3n) is 2.21. The van der Waals surface area contributed by atoms with E-state index in [1.165, 1.54) is 0 Å². The fraction of sp³-hybridized carbons (Fsp3) is 0.300. The van der Waals surface area contributed by atoms with Crippen molar-refractivity contribution in [3.05, 3.63) is 30.1 Å². The summed E-state index contributed by atoms with van der Waals surface area (Å²) in [5, 5.41) is 19.5. The third kappa shape index (κ3) is 2.55. The fourth-order valence-corrected chi connectivity index (χ4v) is 1.34. The first-order valence-electron chi connectivity index (χ1n) is 5.17. The Morgan fingerprint density at radius 1 is 1.53 bits per heavy atom. The standard InChI is InChI=1S/C10H11N7/c1-2-17-7-14-16-9(17)6-13-10-12-4-3-8(5-11)15-10/h3-4,7H,2,6H2,1H3,(H,12,13,15). The van der Waals surface area contributed by atoms with Crippen LogP contribution in [-0.4, -0.2) is 24.7 Å². The van der Waals surface area contributed by atoms with Crippen LogP contribution in [0.2, 0.25) is 0 Å². The normalized spacial score (nSPS) is 9.88. The lowest BCUT2D eigenvalue weighted by Crippen LogP contribution is -2.09. The molecule has 0 spiro atoms. The van der Waals surface area contributed by atoms with Gasteiger partial charge < -0.3 is 9.88 Å². The molecule has 0 fully saturated rings. The summed E-state index contributed by atoms with van der Waals surface area (Å²) < 4.78 is 1.92. The molecule has 0 saturated carbocycles. The van der Waals surface area contributed by atoms with E-state index in [0.29, 0.717) is 18.2 Å². The summed E-state index contributed by atoms with van der Waals surface area (Å²) in [5.41, 5.74) is 0.333. The lowest BCUT2D eigenvalue weighted by atomic mass is 10.4. The number of aryl methyl sites for hydroxylation is 1. The molecule has 0 aliphatic heterocycles. The molecule has 0 amide bonds. The minimum Gasteiger partial charge on any atom is -0.347 e. The van der Waals surface area contributed by atoms with Crippen LogP contribution in [0.25, 0.3) is 0 Å². The van der Waals surface area contributed by atoms with E-state index in [9.17, 15) is 0 Å². The molecule has 0 bridgehead atoms. The van der Waals surface area contributed by atoms with Crippen molar-refractivity contribution in [2.45, 2.75) is 20.0 Å². The van der Waals surface area contributed by atoms with Gasteiger partial charge in [0, 0.05) is 12.7 Å². The monoisotopic (exact) mass is 229 g/mol. The van der Waals surface area contributed by atoms with Gasteiger partial charge in [-0.1, -0.05) is 0 Å². The van der Waals surface area contributed by atoms with Crippen molar-refractivity contribution in [3.63, 3.8) is 0 Å². The highest BCUT2D eigenvalue weighted by Crippen LogP contribution is 2.02. The molecule has 1 N–H and O–H groups in total. The molecule has 2 rings (SSSR count). The SMILES string of the molecule is CCn1cnnc1CNc1nccc(C#N)n1. The molecular formula is C10H11N7. The molecule has 0 radical (unpaired) electrons. The van der Waals surface area contributed by atoms with Crippen molar-refractivity contribution in [1.29, 1.82) is 5.26 Å². The van der Waals surface area contributed by atoms with Crippen molar-refractivity contribution >= 4 is 5.95 Å². The molecule has 0 saturated heterocycles. The molecule has 7 heteroatoms. The number of hydrogen-bond donors (Lipinski definition) is 1. The van der Waals surface area contributed by atoms with Gasteiger partial charge in [-0.05, 0) is 13.0 Å². The highest BCUT2D eigenvalue weighted by Gasteiger charge is 2.03. The van der Waals surface area contributed by atoms with E-state index in [1.807, 2.05) is 17.6 Å². The second kappa shape index (κ2) is 5.03. The Labute approximate surface area is 98.2 Å². The first kappa shape index (κ1) is 11.0. The van der Waals surface area contributed by atoms with Gasteiger partial charge in [0.25, 0.3) is 0 Å². The van der Waals surface area contributed by atoms with Crippen LogP contribution in [0.3, 0.4) is 0 Å². The van der Waals surface area contributed by atoms with E-state index in [-0.39, 0.29) is 0 Å². The Balaban J connectivity index is 2.05. The van der Waals surface area contributed by atoms with E-state index in [0.717, 1.165) is 12.4 Å². The van der Waals surface area contributed by atoms with Gasteiger partial charge in [0.15, 0.2) is 5.82 Å². The van der Waals surface area contributed by atoms with E-state index < -0.39 is 0 Å². The van der Waals surface area contributed by atoms with Crippen LogP contribution < -0.4 is 5.32 Å². The molecule has 2 aromatic heterocycles. The maximum atomic E-state index is 8.70. The second-order valence-corrected chi connectivity index (χ2v) is 3.26. The van der Waals surface area contributed by atoms with Crippen LogP contribution in [-0.2, 0) is 13.1 Å². The Morgan fingerprint density at radius 3 is 3.18 bits per heavy atom. The van der Waals surface area contributed by atoms with Crippen molar-refractivity contribution in [2.75, 3.05) is 5.32 Å². The van der Waals surface area contributed by atoms with E-state index in [1.54, 1.807) is 18.6 Å². The number of anilines is 1. The lowest BCUT2D eigenvalue weighted by Gasteiger charge is -2.05. The van der Waals surface area contributed by atoms with Crippen LogP contribution in [0.4, 0.5) is 5.95 Å². The molecular weight excluding hydrogens is 218 g/mol. The fourth-order valence-electron chi connectivity index (χ4n) is 1.34. The average Bonchev–Trinajstić information content (AvgIpc) is 2.84. The number of aromatic nitrogens is 5. The van der Waals surface area contributed by atoms with Crippen molar-refractivity contribution in [2.24, 2.45) is 0 Å². The molecule has 86 valence electrons. The van der Waals surface area contributed by atoms with Crippen molar-refractivity contribution in [3.8, 4) is 6.07 Å². The summed E-state index contributed by atoms with van der Waals surface area (Å²) in [6, 6.07) is 3.51. The van der Waals surface area contributed by atoms with Crippen LogP contribution in [0.15, 0.2) is 18.6 Å². The Hall–Kier alpha value is -2.49. The molecule has 0 aromatic carbocycles. The molecule has 0 aliphatic rings. The first-order valence-corrected chi connectivity index (χ1v) is 5.17. The zero-order valence-electron chi connectivity index (χ0n) is 9.33. The molecule has 0 unspecified atom stereocenters. The number of nitrogens with zero attached hydrogens (tertiary/aromatic N) is 6. The van der Waals surface area contributed by atoms with Gasteiger partial charge in [-0.25, -0.2) is 9.97 Å². The summed E-state index contributed by atoms with van der Waals surface area (Å²) >= 11 is 0. The van der Waals surface area contributed by atoms with Gasteiger partial charge in [-0.15, -0.1) is 10.2 Å². The molecule has 2 heterocycles. The van der Waals surface area contributed by atoms with Crippen molar-refractivity contribution < 1.29 is 0 Å². The highest BCUT2D eigenvalue weighted by molar-refractivity contribution is 5.30. The predicted molar refractivity (Wildman–Crippen MR) is 59.8 cm³/mol. The van der Waals surface area contributed by atoms with Gasteiger partial charge in [0.2, 0.25) is 5.95 Å². The zero-order valence-corrected chi connectivity index (χ0v) is 9.33. The van der Waals surface area contributed by atoms with E-state index in [4.69, 9.17) is 5.26 Å². The van der Waals surface area contributed by atoms with Crippen LogP contribution in [0.5, 0.6) is 0 Å². The summed E-state index contributed by atoms with van der Waals surface area (Å²) in [7, 11) is 0. The van der Waals surface area contributed by atoms with Gasteiger partial charge in [-0.3, -0.25) is 0 Å². The average molecular weight is 229 g/mol. The zero-order chi connectivity index (χ0) is 12.1. The van der Waals surface area contributed by atoms with E-state index in [2.05, 4.69) is 25.5 Å². The van der Waals surface area contributed by atoms with Gasteiger partial charge in [-0.2, -0.15) is 5.26 Å². The minimum atomic E-state index is 0.333. The van der Waals surface area contributed by atoms with Gasteiger partial charge >= 0.3 is 0 Å². The summed E-state index contributed by atoms with van der Waals surface area (Å²) in [6.07, 6.45) is 3.21. The van der Waals surface area contributed by atoms with Crippen LogP contribution in [0, 0.1) is 11.3 Å². The molecule has 17 heavy (non-hydrogen) atoms. The quantitative estimate of drug-likeness (QED) is 0.824.